The van der Waals surface area contributed by atoms with E-state index in [2.05, 4.69) is 5.32 Å². The van der Waals surface area contributed by atoms with Crippen molar-refractivity contribution in [2.75, 3.05) is 11.1 Å². The molecule has 19 heavy (non-hydrogen) atoms. The number of rotatable bonds is 2. The molecule has 3 N–H and O–H groups in total. The number of para-hydroxylation sites is 1. The Kier molecular flexibility index (Phi) is 3.44. The summed E-state index contributed by atoms with van der Waals surface area (Å²) in [6.45, 7) is 0. The van der Waals surface area contributed by atoms with Gasteiger partial charge in [0.05, 0.1) is 17.3 Å². The molecule has 0 radical (unpaired) electrons. The molecular formula is C14H10FN3O. The Labute approximate surface area is 109 Å². The van der Waals surface area contributed by atoms with E-state index in [4.69, 9.17) is 11.0 Å². The van der Waals surface area contributed by atoms with Crippen LogP contribution in [0.2, 0.25) is 0 Å². The van der Waals surface area contributed by atoms with Crippen molar-refractivity contribution < 1.29 is 9.18 Å². The van der Waals surface area contributed by atoms with Crippen LogP contribution >= 0.6 is 0 Å². The molecule has 0 spiro atoms. The van der Waals surface area contributed by atoms with E-state index in [9.17, 15) is 9.18 Å². The molecule has 0 aliphatic rings. The third-order valence-electron chi connectivity index (χ3n) is 2.56. The van der Waals surface area contributed by atoms with Gasteiger partial charge in [-0.05, 0) is 36.4 Å². The van der Waals surface area contributed by atoms with Gasteiger partial charge in [0, 0.05) is 5.56 Å². The lowest BCUT2D eigenvalue weighted by atomic mass is 10.1. The van der Waals surface area contributed by atoms with Crippen LogP contribution in [0.5, 0.6) is 0 Å². The Bertz CT molecular complexity index is 639. The van der Waals surface area contributed by atoms with Gasteiger partial charge in [0.1, 0.15) is 11.5 Å². The lowest BCUT2D eigenvalue weighted by Gasteiger charge is -2.09. The molecule has 4 nitrogen and oxygen atoms in total. The molecule has 0 heterocycles. The zero-order chi connectivity index (χ0) is 13.8. The molecular weight excluding hydrogens is 245 g/mol. The SMILES string of the molecule is N#Cc1ccc(C(=O)Nc2c(N)cccc2F)cc1. The summed E-state index contributed by atoms with van der Waals surface area (Å²) in [5, 5.41) is 11.1. The van der Waals surface area contributed by atoms with Crippen LogP contribution in [-0.4, -0.2) is 5.91 Å². The lowest BCUT2D eigenvalue weighted by Crippen LogP contribution is -2.14. The van der Waals surface area contributed by atoms with Crippen LogP contribution in [0.1, 0.15) is 15.9 Å². The standard InChI is InChI=1S/C14H10FN3O/c15-11-2-1-3-12(17)13(11)18-14(19)10-6-4-9(8-16)5-7-10/h1-7H,17H2,(H,18,19). The van der Waals surface area contributed by atoms with E-state index in [0.717, 1.165) is 0 Å². The van der Waals surface area contributed by atoms with Crippen molar-refractivity contribution in [3.8, 4) is 6.07 Å². The van der Waals surface area contributed by atoms with E-state index >= 15 is 0 Å². The molecule has 1 amide bonds. The number of anilines is 2. The minimum absolute atomic E-state index is 0.0446. The summed E-state index contributed by atoms with van der Waals surface area (Å²) in [6.07, 6.45) is 0. The molecule has 0 unspecified atom stereocenters. The first-order valence-corrected chi connectivity index (χ1v) is 5.47. The van der Waals surface area contributed by atoms with E-state index in [-0.39, 0.29) is 11.4 Å². The predicted molar refractivity (Wildman–Crippen MR) is 69.9 cm³/mol. The molecule has 0 aliphatic carbocycles. The zero-order valence-electron chi connectivity index (χ0n) is 9.85. The number of nitrogens with one attached hydrogen (secondary N) is 1. The minimum Gasteiger partial charge on any atom is -0.397 e. The number of nitrogens with two attached hydrogens (primary N) is 1. The molecule has 0 saturated carbocycles. The second-order valence-electron chi connectivity index (χ2n) is 3.85. The van der Waals surface area contributed by atoms with Gasteiger partial charge in [-0.2, -0.15) is 5.26 Å². The molecule has 2 aromatic carbocycles. The Morgan fingerprint density at radius 1 is 1.21 bits per heavy atom. The summed E-state index contributed by atoms with van der Waals surface area (Å²) in [4.78, 5) is 11.9. The van der Waals surface area contributed by atoms with Crippen molar-refractivity contribution in [1.82, 2.24) is 0 Å². The van der Waals surface area contributed by atoms with Crippen LogP contribution in [0, 0.1) is 17.1 Å². The third-order valence-corrected chi connectivity index (χ3v) is 2.56. The topological polar surface area (TPSA) is 78.9 Å². The Balaban J connectivity index is 2.23. The summed E-state index contributed by atoms with van der Waals surface area (Å²) in [5.74, 6) is -1.08. The van der Waals surface area contributed by atoms with Gasteiger partial charge in [-0.3, -0.25) is 4.79 Å². The first-order valence-electron chi connectivity index (χ1n) is 5.47. The lowest BCUT2D eigenvalue weighted by molar-refractivity contribution is 0.102. The fourth-order valence-electron chi connectivity index (χ4n) is 1.55. The molecule has 0 aliphatic heterocycles. The fraction of sp³-hybridized carbons (Fsp3) is 0. The highest BCUT2D eigenvalue weighted by atomic mass is 19.1. The number of nitrogen functional groups attached to an aromatic ring is 1. The predicted octanol–water partition coefficient (Wildman–Crippen LogP) is 2.53. The fourth-order valence-corrected chi connectivity index (χ4v) is 1.55. The largest absolute Gasteiger partial charge is 0.397 e. The Morgan fingerprint density at radius 2 is 1.89 bits per heavy atom. The number of benzene rings is 2. The minimum atomic E-state index is -0.595. The highest BCUT2D eigenvalue weighted by molar-refractivity contribution is 6.05. The summed E-state index contributed by atoms with van der Waals surface area (Å²) in [7, 11) is 0. The second kappa shape index (κ2) is 5.19. The first kappa shape index (κ1) is 12.6. The molecule has 94 valence electrons. The Hall–Kier alpha value is -2.87. The normalized spacial score (nSPS) is 9.68. The maximum Gasteiger partial charge on any atom is 0.255 e. The first-order chi connectivity index (χ1) is 9.11. The summed E-state index contributed by atoms with van der Waals surface area (Å²) >= 11 is 0. The average Bonchev–Trinajstić information content (AvgIpc) is 2.43. The summed E-state index contributed by atoms with van der Waals surface area (Å²) in [6, 6.07) is 12.1. The van der Waals surface area contributed by atoms with Crippen molar-refractivity contribution >= 4 is 17.3 Å². The number of hydrogen-bond acceptors (Lipinski definition) is 3. The van der Waals surface area contributed by atoms with Crippen molar-refractivity contribution in [3.05, 3.63) is 59.4 Å². The number of hydrogen-bond donors (Lipinski definition) is 2. The van der Waals surface area contributed by atoms with E-state index < -0.39 is 11.7 Å². The van der Waals surface area contributed by atoms with Gasteiger partial charge in [0.2, 0.25) is 0 Å². The van der Waals surface area contributed by atoms with Crippen molar-refractivity contribution in [1.29, 1.82) is 5.26 Å². The van der Waals surface area contributed by atoms with Crippen LogP contribution < -0.4 is 11.1 Å². The average molecular weight is 255 g/mol. The third kappa shape index (κ3) is 2.69. The quantitative estimate of drug-likeness (QED) is 0.809. The molecule has 5 heteroatoms. The van der Waals surface area contributed by atoms with E-state index in [1.165, 1.54) is 42.5 Å². The van der Waals surface area contributed by atoms with E-state index in [1.54, 1.807) is 0 Å². The molecule has 0 atom stereocenters. The van der Waals surface area contributed by atoms with Crippen molar-refractivity contribution in [2.24, 2.45) is 0 Å². The van der Waals surface area contributed by atoms with E-state index in [0.29, 0.717) is 11.1 Å². The van der Waals surface area contributed by atoms with Crippen LogP contribution in [-0.2, 0) is 0 Å². The molecule has 2 aromatic rings. The summed E-state index contributed by atoms with van der Waals surface area (Å²) in [5.41, 5.74) is 6.47. The molecule has 0 fully saturated rings. The van der Waals surface area contributed by atoms with Gasteiger partial charge < -0.3 is 11.1 Å². The van der Waals surface area contributed by atoms with Gasteiger partial charge >= 0.3 is 0 Å². The van der Waals surface area contributed by atoms with Crippen molar-refractivity contribution in [3.63, 3.8) is 0 Å². The molecule has 0 aromatic heterocycles. The molecule has 0 bridgehead atoms. The van der Waals surface area contributed by atoms with Crippen LogP contribution in [0.4, 0.5) is 15.8 Å². The molecule has 2 rings (SSSR count). The van der Waals surface area contributed by atoms with Crippen molar-refractivity contribution in [2.45, 2.75) is 0 Å². The number of halogens is 1. The number of amides is 1. The number of nitriles is 1. The Morgan fingerprint density at radius 3 is 2.47 bits per heavy atom. The highest BCUT2D eigenvalue weighted by Gasteiger charge is 2.11. The monoisotopic (exact) mass is 255 g/mol. The maximum atomic E-state index is 13.5. The van der Waals surface area contributed by atoms with Gasteiger partial charge in [-0.1, -0.05) is 6.07 Å². The van der Waals surface area contributed by atoms with Gasteiger partial charge in [-0.25, -0.2) is 4.39 Å². The number of carbonyl (C=O) groups excluding carboxylic acids is 1. The smallest absolute Gasteiger partial charge is 0.255 e. The van der Waals surface area contributed by atoms with Crippen LogP contribution in [0.25, 0.3) is 0 Å². The molecule has 0 saturated heterocycles. The number of carbonyl (C=O) groups is 1. The van der Waals surface area contributed by atoms with Crippen LogP contribution in [0.15, 0.2) is 42.5 Å². The van der Waals surface area contributed by atoms with Gasteiger partial charge in [-0.15, -0.1) is 0 Å². The zero-order valence-corrected chi connectivity index (χ0v) is 9.85. The van der Waals surface area contributed by atoms with Gasteiger partial charge in [0.25, 0.3) is 5.91 Å². The highest BCUT2D eigenvalue weighted by Crippen LogP contribution is 2.22. The van der Waals surface area contributed by atoms with Gasteiger partial charge in [0.15, 0.2) is 0 Å². The van der Waals surface area contributed by atoms with Crippen LogP contribution in [0.3, 0.4) is 0 Å². The number of nitrogens with zero attached hydrogens (tertiary/aromatic N) is 1. The second-order valence-corrected chi connectivity index (χ2v) is 3.85. The maximum absolute atomic E-state index is 13.5. The van der Waals surface area contributed by atoms with E-state index in [1.807, 2.05) is 6.07 Å². The summed E-state index contributed by atoms with van der Waals surface area (Å²) < 4.78 is 13.5.